The number of rotatable bonds is 9. The van der Waals surface area contributed by atoms with Crippen LogP contribution in [0.15, 0.2) is 54.6 Å². The van der Waals surface area contributed by atoms with Crippen LogP contribution in [0.4, 0.5) is 10.5 Å². The van der Waals surface area contributed by atoms with Crippen LogP contribution >= 0.6 is 0 Å². The summed E-state index contributed by atoms with van der Waals surface area (Å²) in [5, 5.41) is 5.76. The van der Waals surface area contributed by atoms with Gasteiger partial charge < -0.3 is 15.4 Å². The first-order valence-corrected chi connectivity index (χ1v) is 9.53. The van der Waals surface area contributed by atoms with Gasteiger partial charge in [0.1, 0.15) is 12.4 Å². The number of benzene rings is 2. The maximum atomic E-state index is 12.1. The molecule has 5 nitrogen and oxygen atoms in total. The normalized spacial score (nSPS) is 11.1. The topological polar surface area (TPSA) is 53.6 Å². The van der Waals surface area contributed by atoms with Gasteiger partial charge in [0.05, 0.1) is 0 Å². The lowest BCUT2D eigenvalue weighted by atomic mass is 10.2. The molecule has 0 heterocycles. The van der Waals surface area contributed by atoms with Crippen molar-refractivity contribution in [1.29, 1.82) is 0 Å². The largest absolute Gasteiger partial charge is 0.489 e. The monoisotopic (exact) mass is 369 g/mol. The van der Waals surface area contributed by atoms with E-state index in [0.29, 0.717) is 25.2 Å². The van der Waals surface area contributed by atoms with Crippen molar-refractivity contribution in [2.24, 2.45) is 0 Å². The van der Waals surface area contributed by atoms with Gasteiger partial charge in [-0.3, -0.25) is 4.90 Å². The van der Waals surface area contributed by atoms with Gasteiger partial charge >= 0.3 is 6.03 Å². The zero-order valence-electron chi connectivity index (χ0n) is 16.7. The molecule has 2 N–H and O–H groups in total. The van der Waals surface area contributed by atoms with Crippen LogP contribution in [0.1, 0.15) is 33.3 Å². The Morgan fingerprint density at radius 1 is 0.963 bits per heavy atom. The summed E-state index contributed by atoms with van der Waals surface area (Å²) < 4.78 is 5.75. The predicted molar refractivity (Wildman–Crippen MR) is 111 cm³/mol. The average molecular weight is 370 g/mol. The Bertz CT molecular complexity index is 676. The van der Waals surface area contributed by atoms with Crippen molar-refractivity contribution in [2.75, 3.05) is 18.4 Å². The van der Waals surface area contributed by atoms with Gasteiger partial charge in [-0.2, -0.15) is 0 Å². The second kappa shape index (κ2) is 10.6. The van der Waals surface area contributed by atoms with Crippen molar-refractivity contribution >= 4 is 11.7 Å². The van der Waals surface area contributed by atoms with Crippen LogP contribution < -0.4 is 15.4 Å². The van der Waals surface area contributed by atoms with E-state index in [9.17, 15) is 4.79 Å². The quantitative estimate of drug-likeness (QED) is 0.684. The second-order valence-corrected chi connectivity index (χ2v) is 7.10. The number of carbonyl (C=O) groups is 1. The summed E-state index contributed by atoms with van der Waals surface area (Å²) in [5.74, 6) is 0.773. The molecule has 5 heteroatoms. The van der Waals surface area contributed by atoms with Gasteiger partial charge in [0.15, 0.2) is 0 Å². The number of urea groups is 1. The smallest absolute Gasteiger partial charge is 0.319 e. The molecule has 0 spiro atoms. The molecular weight excluding hydrogens is 338 g/mol. The van der Waals surface area contributed by atoms with E-state index in [-0.39, 0.29) is 6.03 Å². The fraction of sp³-hybridized carbons (Fsp3) is 0.409. The number of hydrogen-bond donors (Lipinski definition) is 2. The molecule has 0 aliphatic heterocycles. The van der Waals surface area contributed by atoms with Crippen molar-refractivity contribution in [1.82, 2.24) is 10.2 Å². The summed E-state index contributed by atoms with van der Waals surface area (Å²) in [6.45, 7) is 10.6. The highest BCUT2D eigenvalue weighted by Gasteiger charge is 2.13. The lowest BCUT2D eigenvalue weighted by molar-refractivity contribution is 0.176. The number of ether oxygens (including phenoxy) is 1. The average Bonchev–Trinajstić information content (AvgIpc) is 2.65. The van der Waals surface area contributed by atoms with E-state index in [2.05, 4.69) is 43.2 Å². The second-order valence-electron chi connectivity index (χ2n) is 7.10. The fourth-order valence-corrected chi connectivity index (χ4v) is 2.96. The number of nitrogens with zero attached hydrogens (tertiary/aromatic N) is 1. The lowest BCUT2D eigenvalue weighted by Crippen LogP contribution is -2.43. The molecule has 2 aromatic rings. The molecule has 0 saturated heterocycles. The third-order valence-electron chi connectivity index (χ3n) is 4.34. The Morgan fingerprint density at radius 2 is 1.59 bits per heavy atom. The summed E-state index contributed by atoms with van der Waals surface area (Å²) >= 11 is 0. The van der Waals surface area contributed by atoms with Gasteiger partial charge in [-0.15, -0.1) is 0 Å². The number of hydrogen-bond acceptors (Lipinski definition) is 3. The van der Waals surface area contributed by atoms with Gasteiger partial charge in [0, 0.05) is 30.9 Å². The van der Waals surface area contributed by atoms with Crippen LogP contribution in [-0.2, 0) is 6.61 Å². The molecule has 0 fully saturated rings. The van der Waals surface area contributed by atoms with Crippen molar-refractivity contribution in [3.8, 4) is 5.75 Å². The zero-order valence-corrected chi connectivity index (χ0v) is 16.7. The SMILES string of the molecule is CC(C)N(CCNC(=O)Nc1ccc(OCc2ccccc2)cc1)C(C)C. The third kappa shape index (κ3) is 7.31. The van der Waals surface area contributed by atoms with Gasteiger partial charge in [-0.1, -0.05) is 30.3 Å². The van der Waals surface area contributed by atoms with Gasteiger partial charge in [0.25, 0.3) is 0 Å². The van der Waals surface area contributed by atoms with E-state index < -0.39 is 0 Å². The van der Waals surface area contributed by atoms with Crippen LogP contribution in [0.5, 0.6) is 5.75 Å². The minimum Gasteiger partial charge on any atom is -0.489 e. The lowest BCUT2D eigenvalue weighted by Gasteiger charge is -2.30. The minimum absolute atomic E-state index is 0.194. The van der Waals surface area contributed by atoms with E-state index in [0.717, 1.165) is 23.5 Å². The van der Waals surface area contributed by atoms with Crippen molar-refractivity contribution in [3.05, 3.63) is 60.2 Å². The molecule has 0 atom stereocenters. The summed E-state index contributed by atoms with van der Waals surface area (Å²) in [4.78, 5) is 14.4. The molecule has 27 heavy (non-hydrogen) atoms. The number of nitrogens with one attached hydrogen (secondary N) is 2. The van der Waals surface area contributed by atoms with E-state index in [1.165, 1.54) is 0 Å². The maximum absolute atomic E-state index is 12.1. The standard InChI is InChI=1S/C22H31N3O2/c1-17(2)25(18(3)4)15-14-23-22(26)24-20-10-12-21(13-11-20)27-16-19-8-6-5-7-9-19/h5-13,17-18H,14-16H2,1-4H3,(H2,23,24,26). The van der Waals surface area contributed by atoms with Crippen molar-refractivity contribution < 1.29 is 9.53 Å². The van der Waals surface area contributed by atoms with Crippen LogP contribution in [0.2, 0.25) is 0 Å². The first kappa shape index (κ1) is 20.8. The van der Waals surface area contributed by atoms with Gasteiger partial charge in [-0.25, -0.2) is 4.79 Å². The Hall–Kier alpha value is -2.53. The Morgan fingerprint density at radius 3 is 2.19 bits per heavy atom. The number of anilines is 1. The fourth-order valence-electron chi connectivity index (χ4n) is 2.96. The third-order valence-corrected chi connectivity index (χ3v) is 4.34. The van der Waals surface area contributed by atoms with Gasteiger partial charge in [0.2, 0.25) is 0 Å². The van der Waals surface area contributed by atoms with E-state index in [1.54, 1.807) is 0 Å². The summed E-state index contributed by atoms with van der Waals surface area (Å²) in [6, 6.07) is 18.1. The number of amides is 2. The molecule has 0 unspecified atom stereocenters. The van der Waals surface area contributed by atoms with Crippen molar-refractivity contribution in [2.45, 2.75) is 46.4 Å². The molecule has 2 aromatic carbocycles. The molecule has 2 rings (SSSR count). The number of carbonyl (C=O) groups excluding carboxylic acids is 1. The summed E-state index contributed by atoms with van der Waals surface area (Å²) in [5.41, 5.74) is 1.86. The van der Waals surface area contributed by atoms with E-state index in [1.807, 2.05) is 54.6 Å². The Balaban J connectivity index is 1.74. The molecule has 0 bridgehead atoms. The highest BCUT2D eigenvalue weighted by molar-refractivity contribution is 5.89. The highest BCUT2D eigenvalue weighted by atomic mass is 16.5. The first-order chi connectivity index (χ1) is 13.0. The van der Waals surface area contributed by atoms with Crippen LogP contribution in [0.3, 0.4) is 0 Å². The minimum atomic E-state index is -0.194. The Labute approximate surface area is 162 Å². The van der Waals surface area contributed by atoms with E-state index >= 15 is 0 Å². The van der Waals surface area contributed by atoms with Crippen LogP contribution in [0.25, 0.3) is 0 Å². The zero-order chi connectivity index (χ0) is 19.6. The summed E-state index contributed by atoms with van der Waals surface area (Å²) in [6.07, 6.45) is 0. The predicted octanol–water partition coefficient (Wildman–Crippen LogP) is 4.51. The molecule has 0 aliphatic carbocycles. The summed E-state index contributed by atoms with van der Waals surface area (Å²) in [7, 11) is 0. The van der Waals surface area contributed by atoms with Crippen molar-refractivity contribution in [3.63, 3.8) is 0 Å². The molecule has 2 amide bonds. The molecule has 0 aromatic heterocycles. The molecule has 0 saturated carbocycles. The molecule has 0 aliphatic rings. The van der Waals surface area contributed by atoms with Crippen LogP contribution in [0, 0.1) is 0 Å². The molecular formula is C22H31N3O2. The molecule has 146 valence electrons. The highest BCUT2D eigenvalue weighted by Crippen LogP contribution is 2.17. The maximum Gasteiger partial charge on any atom is 0.319 e. The van der Waals surface area contributed by atoms with E-state index in [4.69, 9.17) is 4.74 Å². The van der Waals surface area contributed by atoms with Crippen LogP contribution in [-0.4, -0.2) is 36.1 Å². The van der Waals surface area contributed by atoms with Gasteiger partial charge in [-0.05, 0) is 57.5 Å². The first-order valence-electron chi connectivity index (χ1n) is 9.53. The molecule has 0 radical (unpaired) electrons. The Kier molecular flexibility index (Phi) is 8.14.